The maximum absolute atomic E-state index is 4.56. The van der Waals surface area contributed by atoms with Crippen LogP contribution >= 0.6 is 11.3 Å². The highest BCUT2D eigenvalue weighted by molar-refractivity contribution is 7.15. The van der Waals surface area contributed by atoms with Gasteiger partial charge in [-0.05, 0) is 39.8 Å². The minimum atomic E-state index is 0.813. The van der Waals surface area contributed by atoms with Crippen molar-refractivity contribution in [2.45, 2.75) is 27.7 Å². The summed E-state index contributed by atoms with van der Waals surface area (Å²) in [6, 6.07) is 4.26. The second-order valence-electron chi connectivity index (χ2n) is 4.03. The van der Waals surface area contributed by atoms with Gasteiger partial charge in [0.25, 0.3) is 0 Å². The van der Waals surface area contributed by atoms with Crippen LogP contribution in [0, 0.1) is 20.8 Å². The van der Waals surface area contributed by atoms with Gasteiger partial charge >= 0.3 is 0 Å². The Kier molecular flexibility index (Phi) is 3.43. The Balaban J connectivity index is 2.53. The number of nitrogens with zero attached hydrogens (tertiary/aromatic N) is 2. The summed E-state index contributed by atoms with van der Waals surface area (Å²) in [6.07, 6.45) is 0. The lowest BCUT2D eigenvalue weighted by molar-refractivity contribution is 1.02. The van der Waals surface area contributed by atoms with E-state index in [0.29, 0.717) is 0 Å². The molecule has 0 bridgehead atoms. The van der Waals surface area contributed by atoms with Gasteiger partial charge in [-0.15, -0.1) is 11.3 Å². The Labute approximate surface area is 106 Å². The van der Waals surface area contributed by atoms with Crippen LogP contribution in [0.4, 0.5) is 5.82 Å². The molecule has 0 atom stereocenters. The second-order valence-corrected chi connectivity index (χ2v) is 5.32. The zero-order valence-electron chi connectivity index (χ0n) is 10.7. The average Bonchev–Trinajstić information content (AvgIpc) is 2.70. The fourth-order valence-electron chi connectivity index (χ4n) is 1.77. The lowest BCUT2D eigenvalue weighted by Crippen LogP contribution is -2.05. The van der Waals surface area contributed by atoms with Gasteiger partial charge in [-0.1, -0.05) is 0 Å². The second kappa shape index (κ2) is 4.84. The third-order valence-electron chi connectivity index (χ3n) is 2.58. The van der Waals surface area contributed by atoms with Gasteiger partial charge in [0.2, 0.25) is 0 Å². The van der Waals surface area contributed by atoms with Crippen LogP contribution in [0.25, 0.3) is 10.6 Å². The third kappa shape index (κ3) is 2.47. The smallest absolute Gasteiger partial charge is 0.133 e. The van der Waals surface area contributed by atoms with Crippen LogP contribution in [-0.4, -0.2) is 16.5 Å². The quantitative estimate of drug-likeness (QED) is 0.901. The van der Waals surface area contributed by atoms with Gasteiger partial charge in [0.05, 0.1) is 10.6 Å². The Bertz CT molecular complexity index is 531. The Hall–Kier alpha value is -1.42. The van der Waals surface area contributed by atoms with E-state index < -0.39 is 0 Å². The first kappa shape index (κ1) is 12.0. The van der Waals surface area contributed by atoms with Crippen molar-refractivity contribution in [1.29, 1.82) is 0 Å². The first-order valence-electron chi connectivity index (χ1n) is 5.77. The van der Waals surface area contributed by atoms with Crippen molar-refractivity contribution < 1.29 is 0 Å². The van der Waals surface area contributed by atoms with Crippen LogP contribution in [0.5, 0.6) is 0 Å². The van der Waals surface area contributed by atoms with Crippen molar-refractivity contribution in [3.05, 3.63) is 28.4 Å². The maximum atomic E-state index is 4.56. The summed E-state index contributed by atoms with van der Waals surface area (Å²) >= 11 is 1.77. The first-order valence-corrected chi connectivity index (χ1v) is 6.59. The number of thiophene rings is 1. The standard InChI is InChI=1S/C13H17N3S/c1-5-14-13-9(3)12(15-10(4)16-13)11-7-6-8(2)17-11/h6-7H,5H2,1-4H3,(H,14,15,16). The molecule has 1 N–H and O–H groups in total. The van der Waals surface area contributed by atoms with Crippen LogP contribution in [0.1, 0.15) is 23.2 Å². The molecule has 0 aromatic carbocycles. The SMILES string of the molecule is CCNc1nc(C)nc(-c2ccc(C)s2)c1C. The van der Waals surface area contributed by atoms with Crippen LogP contribution in [0.2, 0.25) is 0 Å². The molecule has 17 heavy (non-hydrogen) atoms. The van der Waals surface area contributed by atoms with Gasteiger partial charge in [0.1, 0.15) is 11.6 Å². The molecule has 0 saturated heterocycles. The summed E-state index contributed by atoms with van der Waals surface area (Å²) in [5, 5.41) is 3.29. The number of aromatic nitrogens is 2. The Morgan fingerprint density at radius 1 is 1.18 bits per heavy atom. The number of anilines is 1. The molecule has 3 nitrogen and oxygen atoms in total. The lowest BCUT2D eigenvalue weighted by Gasteiger charge is -2.10. The predicted molar refractivity (Wildman–Crippen MR) is 73.7 cm³/mol. The van der Waals surface area contributed by atoms with Gasteiger partial charge in [-0.2, -0.15) is 0 Å². The van der Waals surface area contributed by atoms with E-state index in [1.807, 2.05) is 6.92 Å². The topological polar surface area (TPSA) is 37.8 Å². The van der Waals surface area contributed by atoms with Crippen LogP contribution in [-0.2, 0) is 0 Å². The fourth-order valence-corrected chi connectivity index (χ4v) is 2.68. The lowest BCUT2D eigenvalue weighted by atomic mass is 10.2. The first-order chi connectivity index (χ1) is 8.11. The van der Waals surface area contributed by atoms with Gasteiger partial charge < -0.3 is 5.32 Å². The molecule has 90 valence electrons. The molecule has 0 aliphatic heterocycles. The zero-order valence-corrected chi connectivity index (χ0v) is 11.5. The third-order valence-corrected chi connectivity index (χ3v) is 3.58. The zero-order chi connectivity index (χ0) is 12.4. The van der Waals surface area contributed by atoms with E-state index in [-0.39, 0.29) is 0 Å². The van der Waals surface area contributed by atoms with Crippen molar-refractivity contribution in [1.82, 2.24) is 9.97 Å². The molecule has 0 aliphatic rings. The molecular weight excluding hydrogens is 230 g/mol. The number of hydrogen-bond acceptors (Lipinski definition) is 4. The summed E-state index contributed by atoms with van der Waals surface area (Å²) in [6.45, 7) is 9.07. The van der Waals surface area contributed by atoms with Gasteiger partial charge in [-0.3, -0.25) is 0 Å². The molecule has 0 amide bonds. The molecule has 2 rings (SSSR count). The van der Waals surface area contributed by atoms with E-state index in [9.17, 15) is 0 Å². The minimum absolute atomic E-state index is 0.813. The molecule has 2 aromatic rings. The van der Waals surface area contributed by atoms with Crippen LogP contribution in [0.15, 0.2) is 12.1 Å². The van der Waals surface area contributed by atoms with Crippen molar-refractivity contribution in [3.8, 4) is 10.6 Å². The number of rotatable bonds is 3. The summed E-state index contributed by atoms with van der Waals surface area (Å²) in [5.74, 6) is 1.76. The van der Waals surface area contributed by atoms with E-state index in [0.717, 1.165) is 29.4 Å². The monoisotopic (exact) mass is 247 g/mol. The maximum Gasteiger partial charge on any atom is 0.133 e. The normalized spacial score (nSPS) is 10.6. The van der Waals surface area contributed by atoms with Crippen molar-refractivity contribution in [2.75, 3.05) is 11.9 Å². The molecular formula is C13H17N3S. The van der Waals surface area contributed by atoms with Crippen molar-refractivity contribution >= 4 is 17.2 Å². The Morgan fingerprint density at radius 2 is 1.94 bits per heavy atom. The Morgan fingerprint density at radius 3 is 2.53 bits per heavy atom. The highest BCUT2D eigenvalue weighted by Crippen LogP contribution is 2.31. The van der Waals surface area contributed by atoms with Crippen molar-refractivity contribution in [3.63, 3.8) is 0 Å². The van der Waals surface area contributed by atoms with Gasteiger partial charge in [0, 0.05) is 17.0 Å². The van der Waals surface area contributed by atoms with Crippen molar-refractivity contribution in [2.24, 2.45) is 0 Å². The molecule has 2 aromatic heterocycles. The average molecular weight is 247 g/mol. The van der Waals surface area contributed by atoms with Crippen LogP contribution in [0.3, 0.4) is 0 Å². The summed E-state index contributed by atoms with van der Waals surface area (Å²) in [5.41, 5.74) is 2.17. The number of hydrogen-bond donors (Lipinski definition) is 1. The molecule has 0 aliphatic carbocycles. The summed E-state index contributed by atoms with van der Waals surface area (Å²) in [7, 11) is 0. The van der Waals surface area contributed by atoms with E-state index in [2.05, 4.69) is 48.2 Å². The molecule has 4 heteroatoms. The molecule has 0 spiro atoms. The summed E-state index contributed by atoms with van der Waals surface area (Å²) < 4.78 is 0. The van der Waals surface area contributed by atoms with E-state index in [1.165, 1.54) is 9.75 Å². The highest BCUT2D eigenvalue weighted by Gasteiger charge is 2.11. The molecule has 0 saturated carbocycles. The largest absolute Gasteiger partial charge is 0.370 e. The van der Waals surface area contributed by atoms with E-state index >= 15 is 0 Å². The number of aryl methyl sites for hydroxylation is 2. The predicted octanol–water partition coefficient (Wildman–Crippen LogP) is 3.56. The van der Waals surface area contributed by atoms with Crippen LogP contribution < -0.4 is 5.32 Å². The molecule has 0 radical (unpaired) electrons. The van der Waals surface area contributed by atoms with Gasteiger partial charge in [0.15, 0.2) is 0 Å². The minimum Gasteiger partial charge on any atom is -0.370 e. The van der Waals surface area contributed by atoms with E-state index in [4.69, 9.17) is 0 Å². The number of nitrogens with one attached hydrogen (secondary N) is 1. The van der Waals surface area contributed by atoms with E-state index in [1.54, 1.807) is 11.3 Å². The van der Waals surface area contributed by atoms with Gasteiger partial charge in [-0.25, -0.2) is 9.97 Å². The highest BCUT2D eigenvalue weighted by atomic mass is 32.1. The molecule has 0 unspecified atom stereocenters. The molecule has 2 heterocycles. The molecule has 0 fully saturated rings. The summed E-state index contributed by atoms with van der Waals surface area (Å²) in [4.78, 5) is 11.5. The fraction of sp³-hybridized carbons (Fsp3) is 0.385.